The molecule has 0 atom stereocenters. The van der Waals surface area contributed by atoms with Gasteiger partial charge in [0.2, 0.25) is 15.9 Å². The Labute approximate surface area is 198 Å². The molecule has 9 heteroatoms. The zero-order valence-electron chi connectivity index (χ0n) is 18.7. The molecule has 0 saturated carbocycles. The van der Waals surface area contributed by atoms with Crippen molar-refractivity contribution in [3.05, 3.63) is 90.6 Å². The Morgan fingerprint density at radius 3 is 2.26 bits per heavy atom. The molecule has 174 valence electrons. The third kappa shape index (κ3) is 5.33. The van der Waals surface area contributed by atoms with Crippen molar-refractivity contribution >= 4 is 21.6 Å². The van der Waals surface area contributed by atoms with E-state index in [2.05, 4.69) is 10.0 Å². The molecule has 0 spiro atoms. The van der Waals surface area contributed by atoms with Crippen LogP contribution in [0.15, 0.2) is 90.0 Å². The number of nitrogens with one attached hydrogen (secondary N) is 2. The van der Waals surface area contributed by atoms with Gasteiger partial charge >= 0.3 is 0 Å². The number of methoxy groups -OCH3 is 1. The van der Waals surface area contributed by atoms with E-state index >= 15 is 0 Å². The second-order valence-corrected chi connectivity index (χ2v) is 9.31. The van der Waals surface area contributed by atoms with Crippen LogP contribution in [-0.4, -0.2) is 31.2 Å². The Balaban J connectivity index is 1.62. The van der Waals surface area contributed by atoms with Crippen molar-refractivity contribution < 1.29 is 17.9 Å². The van der Waals surface area contributed by atoms with Gasteiger partial charge in [-0.15, -0.1) is 0 Å². The van der Waals surface area contributed by atoms with Crippen LogP contribution in [0.25, 0.3) is 16.9 Å². The first-order valence-electron chi connectivity index (χ1n) is 10.5. The number of rotatable bonds is 8. The summed E-state index contributed by atoms with van der Waals surface area (Å²) in [6, 6.07) is 23.0. The number of sulfonamides is 1. The van der Waals surface area contributed by atoms with Crippen molar-refractivity contribution in [2.75, 3.05) is 12.4 Å². The van der Waals surface area contributed by atoms with E-state index in [-0.39, 0.29) is 17.3 Å². The molecule has 4 rings (SSSR count). The number of hydrogen-bond donors (Lipinski definition) is 2. The van der Waals surface area contributed by atoms with E-state index in [1.807, 2.05) is 60.8 Å². The first-order valence-corrected chi connectivity index (χ1v) is 12.0. The minimum Gasteiger partial charge on any atom is -0.497 e. The lowest BCUT2D eigenvalue weighted by molar-refractivity contribution is -0.114. The fourth-order valence-corrected chi connectivity index (χ4v) is 4.43. The number of anilines is 1. The van der Waals surface area contributed by atoms with E-state index in [0.717, 1.165) is 17.0 Å². The minimum atomic E-state index is -3.79. The summed E-state index contributed by atoms with van der Waals surface area (Å²) >= 11 is 0. The van der Waals surface area contributed by atoms with Gasteiger partial charge in [-0.25, -0.2) is 17.8 Å². The maximum Gasteiger partial charge on any atom is 0.240 e. The van der Waals surface area contributed by atoms with Crippen molar-refractivity contribution in [3.63, 3.8) is 0 Å². The summed E-state index contributed by atoms with van der Waals surface area (Å²) in [5.41, 5.74) is 3.60. The smallest absolute Gasteiger partial charge is 0.240 e. The van der Waals surface area contributed by atoms with Gasteiger partial charge in [0.25, 0.3) is 0 Å². The van der Waals surface area contributed by atoms with Gasteiger partial charge in [0.05, 0.1) is 23.4 Å². The van der Waals surface area contributed by atoms with E-state index in [0.29, 0.717) is 16.9 Å². The predicted molar refractivity (Wildman–Crippen MR) is 130 cm³/mol. The quantitative estimate of drug-likeness (QED) is 0.400. The zero-order valence-corrected chi connectivity index (χ0v) is 19.5. The summed E-state index contributed by atoms with van der Waals surface area (Å²) in [5.74, 6) is 0.492. The fraction of sp³-hybridized carbons (Fsp3) is 0.120. The van der Waals surface area contributed by atoms with Gasteiger partial charge in [0.1, 0.15) is 5.75 Å². The number of nitrogens with zero attached hydrogens (tertiary/aromatic N) is 2. The molecule has 0 aliphatic rings. The highest BCUT2D eigenvalue weighted by molar-refractivity contribution is 7.89. The number of para-hydroxylation sites is 1. The molecule has 8 nitrogen and oxygen atoms in total. The molecule has 0 bridgehead atoms. The Bertz CT molecular complexity index is 1380. The summed E-state index contributed by atoms with van der Waals surface area (Å²) in [4.78, 5) is 11.3. The minimum absolute atomic E-state index is 0.0456. The zero-order chi connectivity index (χ0) is 24.1. The van der Waals surface area contributed by atoms with E-state index in [4.69, 9.17) is 9.84 Å². The van der Waals surface area contributed by atoms with Crippen molar-refractivity contribution in [1.82, 2.24) is 14.5 Å². The van der Waals surface area contributed by atoms with Crippen LogP contribution in [0.1, 0.15) is 12.5 Å². The Kier molecular flexibility index (Phi) is 6.76. The molecule has 1 amide bonds. The lowest BCUT2D eigenvalue weighted by Crippen LogP contribution is -2.23. The third-order valence-corrected chi connectivity index (χ3v) is 6.53. The summed E-state index contributed by atoms with van der Waals surface area (Å²) in [5, 5.41) is 7.34. The number of amides is 1. The van der Waals surface area contributed by atoms with Crippen LogP contribution in [0, 0.1) is 0 Å². The van der Waals surface area contributed by atoms with Gasteiger partial charge in [0, 0.05) is 36.5 Å². The highest BCUT2D eigenvalue weighted by Crippen LogP contribution is 2.26. The number of aromatic nitrogens is 2. The highest BCUT2D eigenvalue weighted by atomic mass is 32.2. The predicted octanol–water partition coefficient (Wildman–Crippen LogP) is 3.98. The molecule has 0 radical (unpaired) electrons. The van der Waals surface area contributed by atoms with Crippen LogP contribution in [0.2, 0.25) is 0 Å². The largest absolute Gasteiger partial charge is 0.497 e. The van der Waals surface area contributed by atoms with Crippen LogP contribution in [-0.2, 0) is 21.4 Å². The van der Waals surface area contributed by atoms with E-state index < -0.39 is 10.0 Å². The SMILES string of the molecule is COc1ccc(-c2nn(-c3ccccc3)cc2CNS(=O)(=O)c2ccc(NC(C)=O)cc2)cc1. The summed E-state index contributed by atoms with van der Waals surface area (Å²) < 4.78 is 35.4. The molecular weight excluding hydrogens is 452 g/mol. The summed E-state index contributed by atoms with van der Waals surface area (Å²) in [6.45, 7) is 1.44. The molecule has 1 aromatic heterocycles. The molecule has 0 saturated heterocycles. The van der Waals surface area contributed by atoms with Gasteiger partial charge in [-0.1, -0.05) is 18.2 Å². The normalized spacial score (nSPS) is 11.2. The number of carbonyl (C=O) groups excluding carboxylic acids is 1. The van der Waals surface area contributed by atoms with E-state index in [9.17, 15) is 13.2 Å². The Morgan fingerprint density at radius 2 is 1.65 bits per heavy atom. The average molecular weight is 477 g/mol. The maximum atomic E-state index is 12.9. The monoisotopic (exact) mass is 476 g/mol. The lowest BCUT2D eigenvalue weighted by Gasteiger charge is -2.08. The highest BCUT2D eigenvalue weighted by Gasteiger charge is 2.18. The fourth-order valence-electron chi connectivity index (χ4n) is 3.42. The Hall–Kier alpha value is -3.95. The van der Waals surface area contributed by atoms with Crippen LogP contribution in [0.5, 0.6) is 5.75 Å². The van der Waals surface area contributed by atoms with Gasteiger partial charge < -0.3 is 10.1 Å². The van der Waals surface area contributed by atoms with Gasteiger partial charge in [0.15, 0.2) is 0 Å². The van der Waals surface area contributed by atoms with Crippen molar-refractivity contribution in [3.8, 4) is 22.7 Å². The molecule has 0 fully saturated rings. The van der Waals surface area contributed by atoms with E-state index in [1.165, 1.54) is 19.1 Å². The molecule has 0 aliphatic carbocycles. The van der Waals surface area contributed by atoms with Crippen molar-refractivity contribution in [2.24, 2.45) is 0 Å². The number of carbonyl (C=O) groups is 1. The van der Waals surface area contributed by atoms with Gasteiger partial charge in [-0.2, -0.15) is 5.10 Å². The maximum absolute atomic E-state index is 12.9. The molecule has 2 N–H and O–H groups in total. The summed E-state index contributed by atoms with van der Waals surface area (Å²) in [7, 11) is -2.19. The van der Waals surface area contributed by atoms with Crippen LogP contribution in [0.3, 0.4) is 0 Å². The first kappa shape index (κ1) is 23.2. The number of ether oxygens (including phenoxy) is 1. The van der Waals surface area contributed by atoms with Gasteiger partial charge in [-0.3, -0.25) is 4.79 Å². The average Bonchev–Trinajstić information content (AvgIpc) is 3.28. The third-order valence-electron chi connectivity index (χ3n) is 5.11. The lowest BCUT2D eigenvalue weighted by atomic mass is 10.1. The van der Waals surface area contributed by atoms with Gasteiger partial charge in [-0.05, 0) is 60.7 Å². The molecule has 4 aromatic rings. The van der Waals surface area contributed by atoms with E-state index in [1.54, 1.807) is 23.9 Å². The van der Waals surface area contributed by atoms with Crippen LogP contribution < -0.4 is 14.8 Å². The standard InChI is InChI=1S/C25H24N4O4S/c1-18(30)27-21-10-14-24(15-11-21)34(31,32)26-16-20-17-29(22-6-4-3-5-7-22)28-25(20)19-8-12-23(33-2)13-9-19/h3-15,17,26H,16H2,1-2H3,(H,27,30). The first-order chi connectivity index (χ1) is 16.4. The number of benzene rings is 3. The topological polar surface area (TPSA) is 102 Å². The summed E-state index contributed by atoms with van der Waals surface area (Å²) in [6.07, 6.45) is 1.82. The van der Waals surface area contributed by atoms with Crippen LogP contribution in [0.4, 0.5) is 5.69 Å². The molecule has 1 heterocycles. The molecule has 34 heavy (non-hydrogen) atoms. The molecule has 0 aliphatic heterocycles. The molecule has 3 aromatic carbocycles. The van der Waals surface area contributed by atoms with Crippen molar-refractivity contribution in [1.29, 1.82) is 0 Å². The molecule has 0 unspecified atom stereocenters. The Morgan fingerprint density at radius 1 is 0.971 bits per heavy atom. The number of hydrogen-bond acceptors (Lipinski definition) is 5. The van der Waals surface area contributed by atoms with Crippen LogP contribution >= 0.6 is 0 Å². The second kappa shape index (κ2) is 9.90. The van der Waals surface area contributed by atoms with Crippen molar-refractivity contribution in [2.45, 2.75) is 18.4 Å². The second-order valence-electron chi connectivity index (χ2n) is 7.54. The molecular formula is C25H24N4O4S.